The molecule has 1 aromatic carbocycles. The Morgan fingerprint density at radius 3 is 2.69 bits per heavy atom. The van der Waals surface area contributed by atoms with Crippen LogP contribution in [0.4, 0.5) is 9.52 Å². The van der Waals surface area contributed by atoms with Gasteiger partial charge in [0.2, 0.25) is 5.91 Å². The van der Waals surface area contributed by atoms with E-state index in [0.29, 0.717) is 23.6 Å². The van der Waals surface area contributed by atoms with Crippen molar-refractivity contribution in [2.45, 2.75) is 19.9 Å². The molecule has 0 bridgehead atoms. The number of hydrogen-bond donors (Lipinski definition) is 2. The minimum Gasteiger partial charge on any atom is -0.327 e. The van der Waals surface area contributed by atoms with Crippen LogP contribution in [0.15, 0.2) is 53.5 Å². The second-order valence-electron chi connectivity index (χ2n) is 6.07. The van der Waals surface area contributed by atoms with Gasteiger partial charge >= 0.3 is 5.69 Å². The maximum atomic E-state index is 12.7. The lowest BCUT2D eigenvalue weighted by molar-refractivity contribution is -0.114. The van der Waals surface area contributed by atoms with E-state index in [0.717, 1.165) is 15.1 Å². The largest absolute Gasteiger partial charge is 0.350 e. The molecule has 3 N–H and O–H groups in total. The minimum absolute atomic E-state index is 0. The standard InChI is InChI=1S/C18H19FN6O2S.ClH/c1-12(26)23-17-21-9-16(28-17)6-13-2-4-15(5-3-13)24-11-22-25(18(24)27)10-14(7-19)8-20;/h2-5,7,9,11H,6,8,10,20H2,1H3,(H,21,23,26);1H/b14-7+;. The number of nitrogens with one attached hydrogen (secondary N) is 1. The predicted molar refractivity (Wildman–Crippen MR) is 113 cm³/mol. The number of benzene rings is 1. The molecule has 0 fully saturated rings. The first-order valence-corrected chi connectivity index (χ1v) is 9.26. The summed E-state index contributed by atoms with van der Waals surface area (Å²) < 4.78 is 15.2. The summed E-state index contributed by atoms with van der Waals surface area (Å²) in [5.41, 5.74) is 7.02. The molecule has 0 aliphatic rings. The number of amides is 1. The molecule has 0 spiro atoms. The van der Waals surface area contributed by atoms with Gasteiger partial charge in [0.1, 0.15) is 6.33 Å². The third-order valence-corrected chi connectivity index (χ3v) is 4.84. The van der Waals surface area contributed by atoms with Crippen molar-refractivity contribution in [2.24, 2.45) is 5.73 Å². The number of halogens is 2. The molecular formula is C18H20ClFN6O2S. The first kappa shape index (κ1) is 22.5. The molecule has 0 atom stereocenters. The van der Waals surface area contributed by atoms with Gasteiger partial charge in [0.15, 0.2) is 5.13 Å². The van der Waals surface area contributed by atoms with E-state index in [-0.39, 0.29) is 42.7 Å². The van der Waals surface area contributed by atoms with Crippen LogP contribution < -0.4 is 16.7 Å². The van der Waals surface area contributed by atoms with Crippen LogP contribution >= 0.6 is 23.7 Å². The molecular weight excluding hydrogens is 419 g/mol. The van der Waals surface area contributed by atoms with Crippen molar-refractivity contribution in [3.63, 3.8) is 0 Å². The van der Waals surface area contributed by atoms with E-state index in [1.165, 1.54) is 29.2 Å². The molecule has 2 aromatic heterocycles. The highest BCUT2D eigenvalue weighted by Crippen LogP contribution is 2.21. The first-order chi connectivity index (χ1) is 13.5. The van der Waals surface area contributed by atoms with E-state index in [2.05, 4.69) is 15.4 Å². The van der Waals surface area contributed by atoms with Gasteiger partial charge in [-0.3, -0.25) is 4.79 Å². The number of thiazole rings is 1. The fourth-order valence-corrected chi connectivity index (χ4v) is 3.42. The summed E-state index contributed by atoms with van der Waals surface area (Å²) >= 11 is 1.41. The van der Waals surface area contributed by atoms with Gasteiger partial charge in [-0.05, 0) is 23.3 Å². The zero-order valence-corrected chi connectivity index (χ0v) is 17.2. The first-order valence-electron chi connectivity index (χ1n) is 8.44. The molecule has 3 rings (SSSR count). The molecule has 2 heterocycles. The van der Waals surface area contributed by atoms with E-state index in [1.807, 2.05) is 24.3 Å². The minimum atomic E-state index is -0.372. The lowest BCUT2D eigenvalue weighted by Crippen LogP contribution is -2.25. The van der Waals surface area contributed by atoms with Crippen LogP contribution in [0.5, 0.6) is 0 Å². The molecule has 0 unspecified atom stereocenters. The normalized spacial score (nSPS) is 11.2. The number of carbonyl (C=O) groups is 1. The second kappa shape index (κ2) is 10.1. The molecule has 1 amide bonds. The molecule has 0 saturated carbocycles. The Morgan fingerprint density at radius 1 is 1.34 bits per heavy atom. The number of aromatic nitrogens is 4. The molecule has 0 saturated heterocycles. The highest BCUT2D eigenvalue weighted by molar-refractivity contribution is 7.15. The Kier molecular flexibility index (Phi) is 7.82. The third kappa shape index (κ3) is 5.59. The van der Waals surface area contributed by atoms with E-state index >= 15 is 0 Å². The third-order valence-electron chi connectivity index (χ3n) is 3.93. The predicted octanol–water partition coefficient (Wildman–Crippen LogP) is 2.27. The van der Waals surface area contributed by atoms with Crippen LogP contribution in [0.25, 0.3) is 5.69 Å². The van der Waals surface area contributed by atoms with Crippen molar-refractivity contribution in [2.75, 3.05) is 11.9 Å². The summed E-state index contributed by atoms with van der Waals surface area (Å²) in [5.74, 6) is -0.156. The van der Waals surface area contributed by atoms with Crippen LogP contribution in [-0.4, -0.2) is 31.8 Å². The molecule has 3 aromatic rings. The molecule has 8 nitrogen and oxygen atoms in total. The summed E-state index contributed by atoms with van der Waals surface area (Å²) in [6, 6.07) is 7.44. The Morgan fingerprint density at radius 2 is 2.07 bits per heavy atom. The van der Waals surface area contributed by atoms with Gasteiger partial charge in [0.25, 0.3) is 0 Å². The molecule has 0 radical (unpaired) electrons. The lowest BCUT2D eigenvalue weighted by atomic mass is 10.1. The zero-order valence-electron chi connectivity index (χ0n) is 15.5. The van der Waals surface area contributed by atoms with Gasteiger partial charge < -0.3 is 11.1 Å². The van der Waals surface area contributed by atoms with Crippen molar-refractivity contribution in [1.82, 2.24) is 19.3 Å². The Bertz CT molecular complexity index is 1060. The van der Waals surface area contributed by atoms with Crippen LogP contribution in [0.1, 0.15) is 17.4 Å². The Hall–Kier alpha value is -2.82. The highest BCUT2D eigenvalue weighted by atomic mass is 35.5. The van der Waals surface area contributed by atoms with Crippen molar-refractivity contribution < 1.29 is 9.18 Å². The van der Waals surface area contributed by atoms with E-state index in [9.17, 15) is 14.0 Å². The number of nitrogens with zero attached hydrogens (tertiary/aromatic N) is 4. The maximum absolute atomic E-state index is 12.7. The van der Waals surface area contributed by atoms with Gasteiger partial charge in [-0.25, -0.2) is 23.4 Å². The van der Waals surface area contributed by atoms with Crippen LogP contribution in [-0.2, 0) is 17.8 Å². The summed E-state index contributed by atoms with van der Waals surface area (Å²) in [7, 11) is 0. The fourth-order valence-electron chi connectivity index (χ4n) is 2.53. The van der Waals surface area contributed by atoms with Crippen molar-refractivity contribution in [3.05, 3.63) is 69.6 Å². The fraction of sp³-hybridized carbons (Fsp3) is 0.222. The average molecular weight is 439 g/mol. The topological polar surface area (TPSA) is 108 Å². The van der Waals surface area contributed by atoms with Crippen molar-refractivity contribution in [1.29, 1.82) is 0 Å². The number of hydrogen-bond acceptors (Lipinski definition) is 6. The summed E-state index contributed by atoms with van der Waals surface area (Å²) in [4.78, 5) is 28.7. The van der Waals surface area contributed by atoms with Gasteiger partial charge in [-0.2, -0.15) is 5.10 Å². The number of rotatable bonds is 7. The number of anilines is 1. The monoisotopic (exact) mass is 438 g/mol. The van der Waals surface area contributed by atoms with Gasteiger partial charge in [0.05, 0.1) is 18.6 Å². The van der Waals surface area contributed by atoms with Gasteiger partial charge in [0, 0.05) is 31.0 Å². The molecule has 29 heavy (non-hydrogen) atoms. The van der Waals surface area contributed by atoms with Crippen molar-refractivity contribution in [3.8, 4) is 5.69 Å². The van der Waals surface area contributed by atoms with Crippen LogP contribution in [0.2, 0.25) is 0 Å². The molecule has 0 aliphatic carbocycles. The smallest absolute Gasteiger partial charge is 0.327 e. The van der Waals surface area contributed by atoms with Crippen LogP contribution in [0, 0.1) is 0 Å². The van der Waals surface area contributed by atoms with Gasteiger partial charge in [-0.15, -0.1) is 23.7 Å². The molecule has 11 heteroatoms. The second-order valence-corrected chi connectivity index (χ2v) is 7.18. The molecule has 154 valence electrons. The SMILES string of the molecule is CC(=O)Nc1ncc(Cc2ccc(-n3cnn(C/C(=C/F)CN)c3=O)cc2)s1.Cl. The average Bonchev–Trinajstić information content (AvgIpc) is 3.26. The summed E-state index contributed by atoms with van der Waals surface area (Å²) in [6.07, 6.45) is 4.18. The number of carbonyl (C=O) groups excluding carboxylic acids is 1. The zero-order chi connectivity index (χ0) is 20.1. The van der Waals surface area contributed by atoms with E-state index in [1.54, 1.807) is 6.20 Å². The highest BCUT2D eigenvalue weighted by Gasteiger charge is 2.09. The quantitative estimate of drug-likeness (QED) is 0.588. The van der Waals surface area contributed by atoms with Gasteiger partial charge in [-0.1, -0.05) is 12.1 Å². The van der Waals surface area contributed by atoms with Crippen molar-refractivity contribution >= 4 is 34.8 Å². The summed E-state index contributed by atoms with van der Waals surface area (Å²) in [5, 5.41) is 7.23. The summed E-state index contributed by atoms with van der Waals surface area (Å²) in [6.45, 7) is 1.47. The maximum Gasteiger partial charge on any atom is 0.350 e. The number of nitrogens with two attached hydrogens (primary N) is 1. The Balaban J connectivity index is 0.00000300. The lowest BCUT2D eigenvalue weighted by Gasteiger charge is -2.04. The Labute approximate surface area is 176 Å². The van der Waals surface area contributed by atoms with E-state index in [4.69, 9.17) is 5.73 Å². The van der Waals surface area contributed by atoms with Crippen LogP contribution in [0.3, 0.4) is 0 Å². The van der Waals surface area contributed by atoms with E-state index < -0.39 is 0 Å². The molecule has 0 aliphatic heterocycles.